The molecule has 0 bridgehead atoms. The van der Waals surface area contributed by atoms with Crippen LogP contribution in [0.5, 0.6) is 0 Å². The Labute approximate surface area is 78.8 Å². The predicted octanol–water partition coefficient (Wildman–Crippen LogP) is 0.693. The van der Waals surface area contributed by atoms with Gasteiger partial charge in [-0.1, -0.05) is 0 Å². The highest BCUT2D eigenvalue weighted by Gasteiger charge is 2.28. The van der Waals surface area contributed by atoms with Gasteiger partial charge in [0.2, 0.25) is 0 Å². The van der Waals surface area contributed by atoms with E-state index in [1.54, 1.807) is 0 Å². The van der Waals surface area contributed by atoms with Gasteiger partial charge in [-0.15, -0.1) is 12.3 Å². The van der Waals surface area contributed by atoms with E-state index in [4.69, 9.17) is 6.42 Å². The number of esters is 1. The molecule has 1 heterocycles. The van der Waals surface area contributed by atoms with Crippen LogP contribution in [0, 0.1) is 12.3 Å². The number of rotatable bonds is 3. The van der Waals surface area contributed by atoms with Crippen LogP contribution in [0.2, 0.25) is 0 Å². The molecule has 72 valence electrons. The third-order valence-corrected chi connectivity index (χ3v) is 2.36. The number of nitrogens with one attached hydrogen (secondary N) is 1. The number of ether oxygens (including phenoxy) is 1. The molecule has 2 unspecified atom stereocenters. The maximum Gasteiger partial charge on any atom is 0.322 e. The third kappa shape index (κ3) is 2.74. The minimum absolute atomic E-state index is 0.118. The molecule has 1 fully saturated rings. The van der Waals surface area contributed by atoms with Crippen molar-refractivity contribution in [3.8, 4) is 12.3 Å². The molecule has 3 nitrogen and oxygen atoms in total. The molecule has 0 radical (unpaired) electrons. The Kier molecular flexibility index (Phi) is 3.78. The van der Waals surface area contributed by atoms with Gasteiger partial charge in [0.05, 0.1) is 7.11 Å². The van der Waals surface area contributed by atoms with Crippen LogP contribution < -0.4 is 5.32 Å². The molecule has 2 atom stereocenters. The van der Waals surface area contributed by atoms with Crippen molar-refractivity contribution in [2.75, 3.05) is 7.11 Å². The Bertz CT molecular complexity index is 219. The molecule has 0 spiro atoms. The molecule has 0 aromatic heterocycles. The molecule has 1 rings (SSSR count). The summed E-state index contributed by atoms with van der Waals surface area (Å²) >= 11 is 0. The zero-order valence-electron chi connectivity index (χ0n) is 7.88. The van der Waals surface area contributed by atoms with Crippen molar-refractivity contribution in [2.45, 2.75) is 37.8 Å². The number of carbonyl (C=O) groups excluding carboxylic acids is 1. The number of methoxy groups -OCH3 is 1. The first-order valence-corrected chi connectivity index (χ1v) is 4.55. The second-order valence-electron chi connectivity index (χ2n) is 3.26. The van der Waals surface area contributed by atoms with Gasteiger partial charge < -0.3 is 10.1 Å². The molecule has 0 saturated carbocycles. The minimum Gasteiger partial charge on any atom is -0.468 e. The predicted molar refractivity (Wildman–Crippen MR) is 50.0 cm³/mol. The van der Waals surface area contributed by atoms with Gasteiger partial charge in [-0.3, -0.25) is 4.79 Å². The van der Waals surface area contributed by atoms with Crippen LogP contribution >= 0.6 is 0 Å². The molecule has 1 aliphatic heterocycles. The summed E-state index contributed by atoms with van der Waals surface area (Å²) in [4.78, 5) is 11.1. The summed E-state index contributed by atoms with van der Waals surface area (Å²) in [5.41, 5.74) is 0. The van der Waals surface area contributed by atoms with E-state index in [-0.39, 0.29) is 12.0 Å². The van der Waals surface area contributed by atoms with Crippen LogP contribution in [-0.4, -0.2) is 25.2 Å². The van der Waals surface area contributed by atoms with E-state index in [2.05, 4.69) is 16.0 Å². The zero-order valence-corrected chi connectivity index (χ0v) is 7.88. The van der Waals surface area contributed by atoms with E-state index < -0.39 is 0 Å². The first kappa shape index (κ1) is 10.1. The van der Waals surface area contributed by atoms with Crippen molar-refractivity contribution in [1.29, 1.82) is 0 Å². The quantitative estimate of drug-likeness (QED) is 0.514. The van der Waals surface area contributed by atoms with Crippen molar-refractivity contribution in [3.63, 3.8) is 0 Å². The van der Waals surface area contributed by atoms with Gasteiger partial charge in [0.25, 0.3) is 0 Å². The fraction of sp³-hybridized carbons (Fsp3) is 0.700. The van der Waals surface area contributed by atoms with Crippen LogP contribution in [-0.2, 0) is 9.53 Å². The number of hydrogen-bond donors (Lipinski definition) is 1. The smallest absolute Gasteiger partial charge is 0.322 e. The van der Waals surface area contributed by atoms with Gasteiger partial charge in [-0.25, -0.2) is 0 Å². The second kappa shape index (κ2) is 4.88. The van der Waals surface area contributed by atoms with Gasteiger partial charge in [0.1, 0.15) is 6.04 Å². The average Bonchev–Trinajstić information content (AvgIpc) is 2.62. The van der Waals surface area contributed by atoms with E-state index in [1.165, 1.54) is 7.11 Å². The largest absolute Gasteiger partial charge is 0.468 e. The Hall–Kier alpha value is -1.01. The van der Waals surface area contributed by atoms with Crippen LogP contribution in [0.25, 0.3) is 0 Å². The van der Waals surface area contributed by atoms with E-state index >= 15 is 0 Å². The van der Waals surface area contributed by atoms with Crippen molar-refractivity contribution in [3.05, 3.63) is 0 Å². The van der Waals surface area contributed by atoms with Gasteiger partial charge in [0, 0.05) is 12.5 Å². The summed E-state index contributed by atoms with van der Waals surface area (Å²) in [5.74, 6) is 2.43. The molecule has 13 heavy (non-hydrogen) atoms. The van der Waals surface area contributed by atoms with Crippen molar-refractivity contribution in [1.82, 2.24) is 5.32 Å². The maximum atomic E-state index is 11.1. The summed E-state index contributed by atoms with van der Waals surface area (Å²) in [7, 11) is 1.42. The van der Waals surface area contributed by atoms with E-state index in [9.17, 15) is 4.79 Å². The average molecular weight is 181 g/mol. The lowest BCUT2D eigenvalue weighted by Crippen LogP contribution is -2.36. The lowest BCUT2D eigenvalue weighted by molar-refractivity contribution is -0.142. The topological polar surface area (TPSA) is 38.3 Å². The van der Waals surface area contributed by atoms with Crippen molar-refractivity contribution >= 4 is 5.97 Å². The monoisotopic (exact) mass is 181 g/mol. The zero-order chi connectivity index (χ0) is 9.68. The van der Waals surface area contributed by atoms with Crippen LogP contribution in [0.4, 0.5) is 0 Å². The molecular weight excluding hydrogens is 166 g/mol. The van der Waals surface area contributed by atoms with Crippen molar-refractivity contribution < 1.29 is 9.53 Å². The van der Waals surface area contributed by atoms with Gasteiger partial charge in [-0.2, -0.15) is 0 Å². The number of carbonyl (C=O) groups is 1. The highest BCUT2D eigenvalue weighted by atomic mass is 16.5. The summed E-state index contributed by atoms with van der Waals surface area (Å²) in [6.07, 6.45) is 8.75. The summed E-state index contributed by atoms with van der Waals surface area (Å²) in [6.45, 7) is 0. The summed E-state index contributed by atoms with van der Waals surface area (Å²) in [6, 6.07) is 0.271. The molecule has 0 aromatic rings. The Balaban J connectivity index is 2.28. The lowest BCUT2D eigenvalue weighted by atomic mass is 10.1. The fourth-order valence-electron chi connectivity index (χ4n) is 1.63. The highest BCUT2D eigenvalue weighted by molar-refractivity contribution is 5.76. The Morgan fingerprint density at radius 2 is 2.46 bits per heavy atom. The van der Waals surface area contributed by atoms with Gasteiger partial charge >= 0.3 is 5.97 Å². The molecule has 0 aliphatic carbocycles. The second-order valence-corrected chi connectivity index (χ2v) is 3.26. The fourth-order valence-corrected chi connectivity index (χ4v) is 1.63. The normalized spacial score (nSPS) is 26.8. The summed E-state index contributed by atoms with van der Waals surface area (Å²) in [5, 5.41) is 3.21. The van der Waals surface area contributed by atoms with Gasteiger partial charge in [-0.05, 0) is 19.3 Å². The van der Waals surface area contributed by atoms with E-state index in [0.717, 1.165) is 25.7 Å². The Morgan fingerprint density at radius 1 is 1.69 bits per heavy atom. The molecule has 1 N–H and O–H groups in total. The van der Waals surface area contributed by atoms with Crippen LogP contribution in [0.15, 0.2) is 0 Å². The van der Waals surface area contributed by atoms with E-state index in [0.29, 0.717) is 6.04 Å². The minimum atomic E-state index is -0.164. The molecule has 1 aliphatic rings. The molecule has 3 heteroatoms. The first-order chi connectivity index (χ1) is 6.27. The molecule has 0 amide bonds. The SMILES string of the molecule is C#CCCC1CCC(C(=O)OC)N1. The number of terminal acetylenes is 1. The van der Waals surface area contributed by atoms with Gasteiger partial charge in [0.15, 0.2) is 0 Å². The molecule has 0 aromatic carbocycles. The third-order valence-electron chi connectivity index (χ3n) is 2.36. The standard InChI is InChI=1S/C10H15NO2/c1-3-4-5-8-6-7-9(11-8)10(12)13-2/h1,8-9,11H,4-7H2,2H3. The van der Waals surface area contributed by atoms with E-state index in [1.807, 2.05) is 0 Å². The molecular formula is C10H15NO2. The van der Waals surface area contributed by atoms with Crippen LogP contribution in [0.1, 0.15) is 25.7 Å². The van der Waals surface area contributed by atoms with Crippen molar-refractivity contribution in [2.24, 2.45) is 0 Å². The highest BCUT2D eigenvalue weighted by Crippen LogP contribution is 2.16. The first-order valence-electron chi connectivity index (χ1n) is 4.55. The van der Waals surface area contributed by atoms with Crippen LogP contribution in [0.3, 0.4) is 0 Å². The lowest BCUT2D eigenvalue weighted by Gasteiger charge is -2.10. The summed E-state index contributed by atoms with van der Waals surface area (Å²) < 4.78 is 4.65. The molecule has 1 saturated heterocycles. The Morgan fingerprint density at radius 3 is 3.08 bits per heavy atom. The maximum absolute atomic E-state index is 11.1. The number of hydrogen-bond acceptors (Lipinski definition) is 3.